The highest BCUT2D eigenvalue weighted by molar-refractivity contribution is 5.44. The average molecular weight is 309 g/mol. The minimum atomic E-state index is -0.494. The molecular weight excluding hydrogens is 298 g/mol. The van der Waals surface area contributed by atoms with Gasteiger partial charge in [-0.25, -0.2) is 4.68 Å². The summed E-state index contributed by atoms with van der Waals surface area (Å²) in [4.78, 5) is 22.3. The number of H-pyrrole nitrogens is 1. The van der Waals surface area contributed by atoms with Gasteiger partial charge in [0.1, 0.15) is 0 Å². The zero-order valence-corrected chi connectivity index (χ0v) is 11.8. The summed E-state index contributed by atoms with van der Waals surface area (Å²) in [7, 11) is 0. The van der Waals surface area contributed by atoms with E-state index in [4.69, 9.17) is 0 Å². The topological polar surface area (TPSA) is 106 Å². The van der Waals surface area contributed by atoms with Crippen molar-refractivity contribution >= 4 is 17.1 Å². The molecule has 0 bridgehead atoms. The molecule has 0 atom stereocenters. The molecule has 0 fully saturated rings. The van der Waals surface area contributed by atoms with E-state index < -0.39 is 4.92 Å². The molecule has 0 unspecified atom stereocenters. The van der Waals surface area contributed by atoms with E-state index in [0.717, 1.165) is 0 Å². The number of hydrogen-bond acceptors (Lipinski definition) is 5. The van der Waals surface area contributed by atoms with Crippen LogP contribution < -0.4 is 5.56 Å². The molecule has 0 aliphatic rings. The van der Waals surface area contributed by atoms with Crippen LogP contribution in [0.4, 0.5) is 17.1 Å². The van der Waals surface area contributed by atoms with Crippen LogP contribution in [0.5, 0.6) is 0 Å². The lowest BCUT2D eigenvalue weighted by molar-refractivity contribution is -0.384. The van der Waals surface area contributed by atoms with Gasteiger partial charge in [-0.3, -0.25) is 20.0 Å². The number of para-hydroxylation sites is 1. The third-order valence-electron chi connectivity index (χ3n) is 3.10. The van der Waals surface area contributed by atoms with Gasteiger partial charge in [0.2, 0.25) is 0 Å². The second-order valence-electron chi connectivity index (χ2n) is 4.61. The number of rotatable bonds is 4. The maximum Gasteiger partial charge on any atom is 0.298 e. The molecule has 0 amide bonds. The minimum Gasteiger partial charge on any atom is -0.296 e. The summed E-state index contributed by atoms with van der Waals surface area (Å²) in [5, 5.41) is 21.2. The molecule has 1 N–H and O–H groups in total. The Hall–Kier alpha value is -3.55. The number of non-ortho nitro benzene ring substituents is 1. The lowest BCUT2D eigenvalue weighted by Crippen LogP contribution is -2.13. The summed E-state index contributed by atoms with van der Waals surface area (Å²) in [6.07, 6.45) is 1.45. The van der Waals surface area contributed by atoms with Crippen LogP contribution in [0.3, 0.4) is 0 Å². The number of nitro groups is 1. The van der Waals surface area contributed by atoms with Gasteiger partial charge in [-0.15, -0.1) is 5.11 Å². The van der Waals surface area contributed by atoms with Crippen LogP contribution in [0, 0.1) is 10.1 Å². The minimum absolute atomic E-state index is 0.0305. The molecule has 2 aromatic carbocycles. The second-order valence-corrected chi connectivity index (χ2v) is 4.61. The van der Waals surface area contributed by atoms with Crippen LogP contribution in [0.15, 0.2) is 75.8 Å². The third kappa shape index (κ3) is 3.05. The summed E-state index contributed by atoms with van der Waals surface area (Å²) in [5.41, 5.74) is 0.892. The van der Waals surface area contributed by atoms with Gasteiger partial charge >= 0.3 is 0 Å². The molecule has 0 saturated heterocycles. The van der Waals surface area contributed by atoms with Crippen molar-refractivity contribution < 1.29 is 4.92 Å². The van der Waals surface area contributed by atoms with Gasteiger partial charge in [0.05, 0.1) is 22.5 Å². The number of azo groups is 1. The smallest absolute Gasteiger partial charge is 0.296 e. The second kappa shape index (κ2) is 6.06. The van der Waals surface area contributed by atoms with E-state index >= 15 is 0 Å². The normalized spacial score (nSPS) is 11.0. The highest BCUT2D eigenvalue weighted by Crippen LogP contribution is 2.19. The summed E-state index contributed by atoms with van der Waals surface area (Å²) in [5.74, 6) is 0. The Balaban J connectivity index is 1.85. The van der Waals surface area contributed by atoms with Gasteiger partial charge in [0.15, 0.2) is 5.69 Å². The maximum absolute atomic E-state index is 12.2. The molecule has 3 rings (SSSR count). The SMILES string of the molecule is O=c1c(N=Nc2ccc([N+](=O)[O-])cc2)c[nH]n1-c1ccccc1. The fourth-order valence-corrected chi connectivity index (χ4v) is 1.95. The number of nitro benzene ring substituents is 1. The van der Waals surface area contributed by atoms with E-state index in [9.17, 15) is 14.9 Å². The highest BCUT2D eigenvalue weighted by Gasteiger charge is 2.07. The molecule has 0 spiro atoms. The summed E-state index contributed by atoms with van der Waals surface area (Å²) in [6.45, 7) is 0. The first-order chi connectivity index (χ1) is 11.1. The van der Waals surface area contributed by atoms with Crippen molar-refractivity contribution in [1.29, 1.82) is 0 Å². The van der Waals surface area contributed by atoms with Crippen molar-refractivity contribution in [2.24, 2.45) is 10.2 Å². The Morgan fingerprint density at radius 2 is 1.70 bits per heavy atom. The molecule has 114 valence electrons. The molecule has 1 aromatic heterocycles. The van der Waals surface area contributed by atoms with Crippen molar-refractivity contribution in [2.45, 2.75) is 0 Å². The number of benzene rings is 2. The molecule has 0 aliphatic carbocycles. The molecular formula is C15H11N5O3. The van der Waals surface area contributed by atoms with Crippen LogP contribution in [-0.2, 0) is 0 Å². The van der Waals surface area contributed by atoms with Crippen LogP contribution in [-0.4, -0.2) is 14.7 Å². The van der Waals surface area contributed by atoms with Gasteiger partial charge < -0.3 is 0 Å². The van der Waals surface area contributed by atoms with Gasteiger partial charge in [-0.05, 0) is 24.3 Å². The van der Waals surface area contributed by atoms with Crippen molar-refractivity contribution in [3.8, 4) is 5.69 Å². The quantitative estimate of drug-likeness (QED) is 0.453. The van der Waals surface area contributed by atoms with Crippen LogP contribution in [0.2, 0.25) is 0 Å². The van der Waals surface area contributed by atoms with E-state index in [0.29, 0.717) is 11.4 Å². The van der Waals surface area contributed by atoms with Gasteiger partial charge in [-0.1, -0.05) is 18.2 Å². The monoisotopic (exact) mass is 309 g/mol. The first kappa shape index (κ1) is 14.4. The van der Waals surface area contributed by atoms with E-state index in [2.05, 4.69) is 15.3 Å². The molecule has 3 aromatic rings. The summed E-state index contributed by atoms with van der Waals surface area (Å²) in [6, 6.07) is 14.6. The molecule has 1 heterocycles. The van der Waals surface area contributed by atoms with Crippen molar-refractivity contribution in [1.82, 2.24) is 9.78 Å². The zero-order valence-electron chi connectivity index (χ0n) is 11.8. The van der Waals surface area contributed by atoms with Crippen LogP contribution >= 0.6 is 0 Å². The summed E-state index contributed by atoms with van der Waals surface area (Å²) < 4.78 is 1.35. The Morgan fingerprint density at radius 3 is 2.35 bits per heavy atom. The standard InChI is InChI=1S/C15H11N5O3/c21-15-14(10-16-19(15)12-4-2-1-3-5-12)18-17-11-6-8-13(9-7-11)20(22)23/h1-10,16H. The molecule has 23 heavy (non-hydrogen) atoms. The fourth-order valence-electron chi connectivity index (χ4n) is 1.95. The number of aromatic nitrogens is 2. The molecule has 8 heteroatoms. The maximum atomic E-state index is 12.2. The predicted molar refractivity (Wildman–Crippen MR) is 83.7 cm³/mol. The first-order valence-electron chi connectivity index (χ1n) is 6.67. The lowest BCUT2D eigenvalue weighted by atomic mass is 10.3. The van der Waals surface area contributed by atoms with E-state index in [-0.39, 0.29) is 16.9 Å². The van der Waals surface area contributed by atoms with Crippen LogP contribution in [0.25, 0.3) is 5.69 Å². The number of nitrogens with one attached hydrogen (secondary N) is 1. The average Bonchev–Trinajstić information content (AvgIpc) is 2.95. The number of aromatic amines is 1. The molecule has 8 nitrogen and oxygen atoms in total. The van der Waals surface area contributed by atoms with E-state index in [1.54, 1.807) is 12.1 Å². The van der Waals surface area contributed by atoms with Crippen molar-refractivity contribution in [3.63, 3.8) is 0 Å². The highest BCUT2D eigenvalue weighted by atomic mass is 16.6. The molecule has 0 aliphatic heterocycles. The third-order valence-corrected chi connectivity index (χ3v) is 3.10. The molecule has 0 saturated carbocycles. The number of hydrogen-bond donors (Lipinski definition) is 1. The van der Waals surface area contributed by atoms with E-state index in [1.165, 1.54) is 35.1 Å². The van der Waals surface area contributed by atoms with E-state index in [1.807, 2.05) is 18.2 Å². The lowest BCUT2D eigenvalue weighted by Gasteiger charge is -1.98. The predicted octanol–water partition coefficient (Wildman–Crippen LogP) is 3.49. The Morgan fingerprint density at radius 1 is 1.00 bits per heavy atom. The van der Waals surface area contributed by atoms with Gasteiger partial charge in [0, 0.05) is 12.1 Å². The van der Waals surface area contributed by atoms with Crippen molar-refractivity contribution in [2.75, 3.05) is 0 Å². The summed E-state index contributed by atoms with van der Waals surface area (Å²) >= 11 is 0. The van der Waals surface area contributed by atoms with Crippen molar-refractivity contribution in [3.05, 3.63) is 81.3 Å². The fraction of sp³-hybridized carbons (Fsp3) is 0. The molecule has 0 radical (unpaired) electrons. The Labute approximate surface area is 129 Å². The first-order valence-corrected chi connectivity index (χ1v) is 6.67. The number of nitrogens with zero attached hydrogens (tertiary/aromatic N) is 4. The Bertz CT molecular complexity index is 910. The van der Waals surface area contributed by atoms with Gasteiger partial charge in [-0.2, -0.15) is 5.11 Å². The zero-order chi connectivity index (χ0) is 16.2. The van der Waals surface area contributed by atoms with Crippen LogP contribution in [0.1, 0.15) is 0 Å². The van der Waals surface area contributed by atoms with Gasteiger partial charge in [0.25, 0.3) is 11.2 Å². The Kier molecular flexibility index (Phi) is 3.79. The largest absolute Gasteiger partial charge is 0.298 e.